The molecule has 1 aliphatic rings. The van der Waals surface area contributed by atoms with Gasteiger partial charge in [0.1, 0.15) is 24.5 Å². The summed E-state index contributed by atoms with van der Waals surface area (Å²) in [4.78, 5) is 11.7. The summed E-state index contributed by atoms with van der Waals surface area (Å²) < 4.78 is 10.5. The van der Waals surface area contributed by atoms with Gasteiger partial charge in [-0.15, -0.1) is 0 Å². The standard InChI is InChI=1S/C13H16O3/c1-13(2,3)9-4-5-11-10(8-9)12(14)16-7-6-15-11/h4-5,8H,6-7H2,1-3H3. The Morgan fingerprint density at radius 2 is 1.81 bits per heavy atom. The zero-order valence-corrected chi connectivity index (χ0v) is 9.87. The van der Waals surface area contributed by atoms with Gasteiger partial charge in [0.25, 0.3) is 0 Å². The number of hydrogen-bond donors (Lipinski definition) is 0. The average molecular weight is 220 g/mol. The lowest BCUT2D eigenvalue weighted by molar-refractivity contribution is 0.0492. The summed E-state index contributed by atoms with van der Waals surface area (Å²) in [6.45, 7) is 7.07. The van der Waals surface area contributed by atoms with E-state index in [4.69, 9.17) is 9.47 Å². The summed E-state index contributed by atoms with van der Waals surface area (Å²) in [5, 5.41) is 0. The zero-order chi connectivity index (χ0) is 11.8. The van der Waals surface area contributed by atoms with Crippen LogP contribution in [0.3, 0.4) is 0 Å². The fourth-order valence-electron chi connectivity index (χ4n) is 1.65. The molecule has 86 valence electrons. The second-order valence-electron chi connectivity index (χ2n) is 4.95. The molecule has 0 aliphatic carbocycles. The lowest BCUT2D eigenvalue weighted by atomic mass is 9.86. The molecule has 1 aliphatic heterocycles. The predicted molar refractivity (Wildman–Crippen MR) is 60.9 cm³/mol. The number of benzene rings is 1. The molecule has 0 N–H and O–H groups in total. The van der Waals surface area contributed by atoms with E-state index in [0.29, 0.717) is 24.5 Å². The van der Waals surface area contributed by atoms with Crippen LogP contribution in [0.25, 0.3) is 0 Å². The smallest absolute Gasteiger partial charge is 0.342 e. The molecule has 3 heteroatoms. The maximum Gasteiger partial charge on any atom is 0.342 e. The Labute approximate surface area is 95.4 Å². The molecule has 0 unspecified atom stereocenters. The predicted octanol–water partition coefficient (Wildman–Crippen LogP) is 2.53. The minimum Gasteiger partial charge on any atom is -0.489 e. The molecule has 0 atom stereocenters. The van der Waals surface area contributed by atoms with E-state index < -0.39 is 0 Å². The van der Waals surface area contributed by atoms with E-state index in [-0.39, 0.29) is 11.4 Å². The van der Waals surface area contributed by atoms with E-state index in [2.05, 4.69) is 20.8 Å². The highest BCUT2D eigenvalue weighted by Crippen LogP contribution is 2.29. The first kappa shape index (κ1) is 11.0. The van der Waals surface area contributed by atoms with Gasteiger partial charge in [-0.1, -0.05) is 26.8 Å². The second-order valence-corrected chi connectivity index (χ2v) is 4.95. The van der Waals surface area contributed by atoms with Crippen LogP contribution in [0.15, 0.2) is 18.2 Å². The van der Waals surface area contributed by atoms with Gasteiger partial charge < -0.3 is 9.47 Å². The molecule has 0 bridgehead atoms. The van der Waals surface area contributed by atoms with E-state index in [9.17, 15) is 4.79 Å². The highest BCUT2D eigenvalue weighted by molar-refractivity contribution is 5.93. The number of hydrogen-bond acceptors (Lipinski definition) is 3. The van der Waals surface area contributed by atoms with Crippen molar-refractivity contribution in [1.29, 1.82) is 0 Å². The van der Waals surface area contributed by atoms with Crippen LogP contribution in [-0.2, 0) is 10.2 Å². The van der Waals surface area contributed by atoms with Crippen LogP contribution >= 0.6 is 0 Å². The summed E-state index contributed by atoms with van der Waals surface area (Å²) in [6, 6.07) is 5.71. The van der Waals surface area contributed by atoms with Gasteiger partial charge >= 0.3 is 5.97 Å². The number of rotatable bonds is 0. The summed E-state index contributed by atoms with van der Waals surface area (Å²) in [6.07, 6.45) is 0. The van der Waals surface area contributed by atoms with Crippen molar-refractivity contribution < 1.29 is 14.3 Å². The first-order valence-electron chi connectivity index (χ1n) is 5.43. The fourth-order valence-corrected chi connectivity index (χ4v) is 1.65. The van der Waals surface area contributed by atoms with Crippen LogP contribution in [0, 0.1) is 0 Å². The largest absolute Gasteiger partial charge is 0.489 e. The zero-order valence-electron chi connectivity index (χ0n) is 9.87. The lowest BCUT2D eigenvalue weighted by Crippen LogP contribution is -2.12. The molecular formula is C13H16O3. The van der Waals surface area contributed by atoms with Gasteiger partial charge in [-0.3, -0.25) is 0 Å². The number of carbonyl (C=O) groups excluding carboxylic acids is 1. The molecule has 0 spiro atoms. The maximum absolute atomic E-state index is 11.7. The molecule has 0 aromatic heterocycles. The normalized spacial score (nSPS) is 15.8. The van der Waals surface area contributed by atoms with E-state index >= 15 is 0 Å². The monoisotopic (exact) mass is 220 g/mol. The van der Waals surface area contributed by atoms with Crippen LogP contribution in [0.2, 0.25) is 0 Å². The molecule has 0 radical (unpaired) electrons. The van der Waals surface area contributed by atoms with Crippen molar-refractivity contribution >= 4 is 5.97 Å². The second kappa shape index (κ2) is 3.81. The van der Waals surface area contributed by atoms with Gasteiger partial charge in [-0.05, 0) is 23.1 Å². The Bertz CT molecular complexity index is 416. The Balaban J connectivity index is 2.47. The van der Waals surface area contributed by atoms with Crippen molar-refractivity contribution in [3.8, 4) is 5.75 Å². The average Bonchev–Trinajstić information content (AvgIpc) is 2.39. The molecule has 3 nitrogen and oxygen atoms in total. The maximum atomic E-state index is 11.7. The molecule has 0 saturated carbocycles. The summed E-state index contributed by atoms with van der Waals surface area (Å²) in [5.41, 5.74) is 1.65. The molecule has 0 saturated heterocycles. The van der Waals surface area contributed by atoms with Crippen LogP contribution in [-0.4, -0.2) is 19.2 Å². The number of fused-ring (bicyclic) bond motifs is 1. The van der Waals surface area contributed by atoms with Crippen molar-refractivity contribution in [1.82, 2.24) is 0 Å². The summed E-state index contributed by atoms with van der Waals surface area (Å²) in [5.74, 6) is 0.328. The molecule has 1 aromatic rings. The fraction of sp³-hybridized carbons (Fsp3) is 0.462. The third-order valence-electron chi connectivity index (χ3n) is 2.64. The van der Waals surface area contributed by atoms with Gasteiger partial charge in [0.2, 0.25) is 0 Å². The molecule has 0 fully saturated rings. The van der Waals surface area contributed by atoms with Crippen LogP contribution < -0.4 is 4.74 Å². The molecule has 1 heterocycles. The van der Waals surface area contributed by atoms with Gasteiger partial charge in [-0.2, -0.15) is 0 Å². The number of esters is 1. The van der Waals surface area contributed by atoms with Gasteiger partial charge in [0.15, 0.2) is 0 Å². The lowest BCUT2D eigenvalue weighted by Gasteiger charge is -2.20. The number of cyclic esters (lactones) is 1. The number of ether oxygens (including phenoxy) is 2. The quantitative estimate of drug-likeness (QED) is 0.630. The Morgan fingerprint density at radius 1 is 1.12 bits per heavy atom. The topological polar surface area (TPSA) is 35.5 Å². The van der Waals surface area contributed by atoms with Gasteiger partial charge in [-0.25, -0.2) is 4.79 Å². The highest BCUT2D eigenvalue weighted by Gasteiger charge is 2.22. The molecule has 0 amide bonds. The van der Waals surface area contributed by atoms with Gasteiger partial charge in [0, 0.05) is 0 Å². The number of carbonyl (C=O) groups is 1. The molecule has 1 aromatic carbocycles. The third-order valence-corrected chi connectivity index (χ3v) is 2.64. The van der Waals surface area contributed by atoms with Crippen molar-refractivity contribution in [2.24, 2.45) is 0 Å². The van der Waals surface area contributed by atoms with Crippen LogP contribution in [0.5, 0.6) is 5.75 Å². The minimum atomic E-state index is -0.293. The Hall–Kier alpha value is -1.51. The van der Waals surface area contributed by atoms with E-state index in [0.717, 1.165) is 5.56 Å². The van der Waals surface area contributed by atoms with Crippen molar-refractivity contribution in [3.05, 3.63) is 29.3 Å². The van der Waals surface area contributed by atoms with Crippen molar-refractivity contribution in [2.75, 3.05) is 13.2 Å². The van der Waals surface area contributed by atoms with Crippen molar-refractivity contribution in [2.45, 2.75) is 26.2 Å². The molecular weight excluding hydrogens is 204 g/mol. The first-order valence-corrected chi connectivity index (χ1v) is 5.43. The minimum absolute atomic E-state index is 0.0155. The molecule has 16 heavy (non-hydrogen) atoms. The van der Waals surface area contributed by atoms with Crippen LogP contribution in [0.1, 0.15) is 36.7 Å². The Kier molecular flexibility index (Phi) is 2.62. The highest BCUT2D eigenvalue weighted by atomic mass is 16.6. The Morgan fingerprint density at radius 3 is 2.50 bits per heavy atom. The van der Waals surface area contributed by atoms with E-state index in [1.165, 1.54) is 0 Å². The van der Waals surface area contributed by atoms with E-state index in [1.807, 2.05) is 18.2 Å². The summed E-state index contributed by atoms with van der Waals surface area (Å²) in [7, 11) is 0. The van der Waals surface area contributed by atoms with Crippen molar-refractivity contribution in [3.63, 3.8) is 0 Å². The van der Waals surface area contributed by atoms with E-state index in [1.54, 1.807) is 0 Å². The molecule has 2 rings (SSSR count). The summed E-state index contributed by atoms with van der Waals surface area (Å²) >= 11 is 0. The van der Waals surface area contributed by atoms with Gasteiger partial charge in [0.05, 0.1) is 0 Å². The van der Waals surface area contributed by atoms with Crippen LogP contribution in [0.4, 0.5) is 0 Å². The first-order chi connectivity index (χ1) is 7.48. The SMILES string of the molecule is CC(C)(C)c1ccc2c(c1)C(=O)OCCO2. The third kappa shape index (κ3) is 2.03.